The van der Waals surface area contributed by atoms with E-state index in [0.29, 0.717) is 24.3 Å². The van der Waals surface area contributed by atoms with Crippen LogP contribution in [0.4, 0.5) is 5.69 Å². The third-order valence-electron chi connectivity index (χ3n) is 4.52. The molecule has 0 radical (unpaired) electrons. The molecule has 1 aliphatic rings. The normalized spacial score (nSPS) is 15.7. The predicted octanol–water partition coefficient (Wildman–Crippen LogP) is 3.22. The first kappa shape index (κ1) is 19.3. The van der Waals surface area contributed by atoms with E-state index in [2.05, 4.69) is 10.3 Å². The third kappa shape index (κ3) is 4.81. The smallest absolute Gasteiger partial charge is 0.248 e. The number of aromatic nitrogens is 1. The number of carbonyl (C=O) groups excluding carboxylic acids is 1. The number of rotatable bonds is 5. The molecule has 27 heavy (non-hydrogen) atoms. The summed E-state index contributed by atoms with van der Waals surface area (Å²) < 4.78 is 27.4. The van der Waals surface area contributed by atoms with Crippen molar-refractivity contribution >= 4 is 27.7 Å². The molecule has 1 N–H and O–H groups in total. The Morgan fingerprint density at radius 3 is 2.52 bits per heavy atom. The van der Waals surface area contributed by atoms with Gasteiger partial charge in [-0.3, -0.25) is 9.78 Å². The highest BCUT2D eigenvalue weighted by Crippen LogP contribution is 2.26. The van der Waals surface area contributed by atoms with Crippen molar-refractivity contribution in [3.63, 3.8) is 0 Å². The van der Waals surface area contributed by atoms with E-state index < -0.39 is 10.0 Å². The Morgan fingerprint density at radius 1 is 1.11 bits per heavy atom. The van der Waals surface area contributed by atoms with Gasteiger partial charge < -0.3 is 5.32 Å². The van der Waals surface area contributed by atoms with Crippen molar-refractivity contribution in [3.05, 3.63) is 59.9 Å². The lowest BCUT2D eigenvalue weighted by atomic mass is 10.2. The maximum atomic E-state index is 13.0. The number of aryl methyl sites for hydroxylation is 1. The van der Waals surface area contributed by atoms with E-state index in [9.17, 15) is 13.2 Å². The van der Waals surface area contributed by atoms with Crippen LogP contribution in [0.2, 0.25) is 0 Å². The van der Waals surface area contributed by atoms with Gasteiger partial charge in [0.25, 0.3) is 0 Å². The van der Waals surface area contributed by atoms with Crippen LogP contribution in [0.25, 0.3) is 6.08 Å². The van der Waals surface area contributed by atoms with Crippen LogP contribution < -0.4 is 5.32 Å². The molecule has 0 atom stereocenters. The molecule has 0 saturated carbocycles. The number of hydrogen-bond acceptors (Lipinski definition) is 4. The number of carbonyl (C=O) groups is 1. The molecule has 1 aromatic carbocycles. The molecule has 6 nitrogen and oxygen atoms in total. The first-order valence-corrected chi connectivity index (χ1v) is 10.4. The van der Waals surface area contributed by atoms with Crippen molar-refractivity contribution in [3.8, 4) is 0 Å². The Bertz CT molecular complexity index is 934. The van der Waals surface area contributed by atoms with Crippen LogP contribution in [0.1, 0.15) is 30.4 Å². The zero-order valence-electron chi connectivity index (χ0n) is 15.3. The lowest BCUT2D eigenvalue weighted by Gasteiger charge is -2.26. The summed E-state index contributed by atoms with van der Waals surface area (Å²) in [6.45, 7) is 2.87. The SMILES string of the molecule is Cc1ccc(NC(=O)/C=C/c2ccncc2)cc1S(=O)(=O)N1CCCCC1. The van der Waals surface area contributed by atoms with E-state index in [0.717, 1.165) is 24.8 Å². The Morgan fingerprint density at radius 2 is 1.81 bits per heavy atom. The highest BCUT2D eigenvalue weighted by atomic mass is 32.2. The maximum Gasteiger partial charge on any atom is 0.248 e. The van der Waals surface area contributed by atoms with Crippen LogP contribution in [-0.4, -0.2) is 36.7 Å². The number of nitrogens with zero attached hydrogens (tertiary/aromatic N) is 2. The van der Waals surface area contributed by atoms with E-state index in [1.54, 1.807) is 49.7 Å². The largest absolute Gasteiger partial charge is 0.322 e. The average Bonchev–Trinajstić information content (AvgIpc) is 2.69. The van der Waals surface area contributed by atoms with Crippen LogP contribution in [0, 0.1) is 6.92 Å². The minimum atomic E-state index is -3.55. The Balaban J connectivity index is 1.77. The molecule has 1 fully saturated rings. The Kier molecular flexibility index (Phi) is 6.03. The summed E-state index contributed by atoms with van der Waals surface area (Å²) in [7, 11) is -3.55. The zero-order valence-corrected chi connectivity index (χ0v) is 16.1. The molecular formula is C20H23N3O3S. The highest BCUT2D eigenvalue weighted by Gasteiger charge is 2.27. The van der Waals surface area contributed by atoms with Gasteiger partial charge in [-0.25, -0.2) is 8.42 Å². The van der Waals surface area contributed by atoms with E-state index in [1.165, 1.54) is 16.4 Å². The van der Waals surface area contributed by atoms with Gasteiger partial charge in [0.15, 0.2) is 0 Å². The van der Waals surface area contributed by atoms with Gasteiger partial charge in [0.1, 0.15) is 0 Å². The maximum absolute atomic E-state index is 13.0. The number of piperidine rings is 1. The molecule has 142 valence electrons. The summed E-state index contributed by atoms with van der Waals surface area (Å²) in [4.78, 5) is 16.3. The molecule has 1 saturated heterocycles. The topological polar surface area (TPSA) is 79.4 Å². The fraction of sp³-hybridized carbons (Fsp3) is 0.300. The minimum Gasteiger partial charge on any atom is -0.322 e. The summed E-state index contributed by atoms with van der Waals surface area (Å²) in [5, 5.41) is 2.73. The Hall–Kier alpha value is -2.51. The summed E-state index contributed by atoms with van der Waals surface area (Å²) in [5.74, 6) is -0.322. The molecule has 3 rings (SSSR count). The predicted molar refractivity (Wildman–Crippen MR) is 106 cm³/mol. The average molecular weight is 385 g/mol. The molecule has 1 amide bonds. The van der Waals surface area contributed by atoms with Crippen LogP contribution in [0.15, 0.2) is 53.7 Å². The lowest BCUT2D eigenvalue weighted by Crippen LogP contribution is -2.36. The molecule has 2 heterocycles. The van der Waals surface area contributed by atoms with Crippen molar-refractivity contribution in [1.29, 1.82) is 0 Å². The second kappa shape index (κ2) is 8.45. The number of amides is 1. The van der Waals surface area contributed by atoms with Crippen molar-refractivity contribution in [2.75, 3.05) is 18.4 Å². The standard InChI is InChI=1S/C20H23N3O3S/c1-16-5-7-18(22-20(24)8-6-17-9-11-21-12-10-17)15-19(16)27(25,26)23-13-3-2-4-14-23/h5-12,15H,2-4,13-14H2,1H3,(H,22,24)/b8-6+. The van der Waals surface area contributed by atoms with Gasteiger partial charge >= 0.3 is 0 Å². The van der Waals surface area contributed by atoms with E-state index in [-0.39, 0.29) is 10.8 Å². The van der Waals surface area contributed by atoms with E-state index in [4.69, 9.17) is 0 Å². The molecule has 0 spiro atoms. The fourth-order valence-corrected chi connectivity index (χ4v) is 4.80. The summed E-state index contributed by atoms with van der Waals surface area (Å²) >= 11 is 0. The molecule has 7 heteroatoms. The monoisotopic (exact) mass is 385 g/mol. The molecule has 1 aromatic heterocycles. The van der Waals surface area contributed by atoms with Crippen molar-refractivity contribution in [2.45, 2.75) is 31.1 Å². The van der Waals surface area contributed by atoms with E-state index in [1.807, 2.05) is 0 Å². The lowest BCUT2D eigenvalue weighted by molar-refractivity contribution is -0.111. The minimum absolute atomic E-state index is 0.250. The fourth-order valence-electron chi connectivity index (χ4n) is 3.03. The van der Waals surface area contributed by atoms with Gasteiger partial charge in [0.2, 0.25) is 15.9 Å². The number of pyridine rings is 1. The zero-order chi connectivity index (χ0) is 19.3. The summed E-state index contributed by atoms with van der Waals surface area (Å²) in [6.07, 6.45) is 9.21. The number of hydrogen-bond donors (Lipinski definition) is 1. The summed E-state index contributed by atoms with van der Waals surface area (Å²) in [6, 6.07) is 8.55. The molecule has 0 unspecified atom stereocenters. The van der Waals surface area contributed by atoms with Crippen molar-refractivity contribution in [1.82, 2.24) is 9.29 Å². The van der Waals surface area contributed by atoms with Gasteiger partial charge in [-0.1, -0.05) is 12.5 Å². The molecular weight excluding hydrogens is 362 g/mol. The molecule has 0 aliphatic carbocycles. The van der Waals surface area contributed by atoms with Gasteiger partial charge in [-0.05, 0) is 61.2 Å². The number of benzene rings is 1. The number of nitrogens with one attached hydrogen (secondary N) is 1. The van der Waals surface area contributed by atoms with Crippen LogP contribution in [0.3, 0.4) is 0 Å². The highest BCUT2D eigenvalue weighted by molar-refractivity contribution is 7.89. The van der Waals surface area contributed by atoms with Gasteiger partial charge in [-0.2, -0.15) is 4.31 Å². The third-order valence-corrected chi connectivity index (χ3v) is 6.56. The van der Waals surface area contributed by atoms with Crippen molar-refractivity contribution in [2.24, 2.45) is 0 Å². The number of anilines is 1. The van der Waals surface area contributed by atoms with Gasteiger partial charge in [-0.15, -0.1) is 0 Å². The van der Waals surface area contributed by atoms with Gasteiger partial charge in [0.05, 0.1) is 4.90 Å². The quantitative estimate of drug-likeness (QED) is 0.802. The molecule has 0 bridgehead atoms. The number of sulfonamides is 1. The Labute approximate surface area is 160 Å². The second-order valence-corrected chi connectivity index (χ2v) is 8.45. The van der Waals surface area contributed by atoms with E-state index >= 15 is 0 Å². The molecule has 1 aliphatic heterocycles. The first-order chi connectivity index (χ1) is 13.0. The van der Waals surface area contributed by atoms with Crippen LogP contribution >= 0.6 is 0 Å². The van der Waals surface area contributed by atoms with Gasteiger partial charge in [0, 0.05) is 37.2 Å². The second-order valence-electron chi connectivity index (χ2n) is 6.55. The first-order valence-electron chi connectivity index (χ1n) is 8.97. The summed E-state index contributed by atoms with van der Waals surface area (Å²) in [5.41, 5.74) is 1.99. The van der Waals surface area contributed by atoms with Crippen molar-refractivity contribution < 1.29 is 13.2 Å². The van der Waals surface area contributed by atoms with Crippen LogP contribution in [0.5, 0.6) is 0 Å². The van der Waals surface area contributed by atoms with Crippen LogP contribution in [-0.2, 0) is 14.8 Å². The molecule has 2 aromatic rings.